The van der Waals surface area contributed by atoms with Gasteiger partial charge < -0.3 is 39.0 Å². The molecule has 0 aliphatic carbocycles. The van der Waals surface area contributed by atoms with Crippen molar-refractivity contribution in [2.75, 3.05) is 64.2 Å². The summed E-state index contributed by atoms with van der Waals surface area (Å²) >= 11 is 0. The van der Waals surface area contributed by atoms with Gasteiger partial charge in [0.25, 0.3) is 11.8 Å². The van der Waals surface area contributed by atoms with Crippen LogP contribution in [0.1, 0.15) is 52.0 Å². The monoisotopic (exact) mass is 814 g/mol. The van der Waals surface area contributed by atoms with E-state index in [0.717, 1.165) is 56.5 Å². The van der Waals surface area contributed by atoms with Crippen LogP contribution in [0.3, 0.4) is 0 Å². The lowest BCUT2D eigenvalue weighted by atomic mass is 10.1. The molecule has 0 spiro atoms. The van der Waals surface area contributed by atoms with Gasteiger partial charge in [0, 0.05) is 64.7 Å². The number of nitrogens with zero attached hydrogens (tertiary/aromatic N) is 6. The first-order chi connectivity index (χ1) is 25.1. The summed E-state index contributed by atoms with van der Waals surface area (Å²) in [5.41, 5.74) is 4.22. The molecule has 3 aromatic carbocycles. The molecule has 2 N–H and O–H groups in total. The Kier molecular flexibility index (Phi) is 16.4. The van der Waals surface area contributed by atoms with Gasteiger partial charge in [0.1, 0.15) is 17.0 Å². The number of ether oxygens (including phenoxy) is 2. The van der Waals surface area contributed by atoms with E-state index in [1.165, 1.54) is 12.0 Å². The second-order valence-corrected chi connectivity index (χ2v) is 13.2. The summed E-state index contributed by atoms with van der Waals surface area (Å²) in [6.45, 7) is 5.88. The van der Waals surface area contributed by atoms with Gasteiger partial charge in [0.05, 0.1) is 36.2 Å². The Morgan fingerprint density at radius 3 is 2.40 bits per heavy atom. The van der Waals surface area contributed by atoms with E-state index in [-0.39, 0.29) is 60.3 Å². The number of piperazine rings is 1. The molecule has 2 aromatic heterocycles. The first kappa shape index (κ1) is 44.6. The number of aryl methyl sites for hydroxylation is 2. The van der Waals surface area contributed by atoms with Gasteiger partial charge in [0.15, 0.2) is 11.6 Å². The van der Waals surface area contributed by atoms with Gasteiger partial charge in [-0.05, 0) is 81.3 Å². The molecule has 6 rings (SSSR count). The number of halogens is 3. The van der Waals surface area contributed by atoms with Gasteiger partial charge in [-0.15, -0.1) is 37.2 Å². The molecule has 3 amide bonds. The van der Waals surface area contributed by atoms with Crippen molar-refractivity contribution in [3.8, 4) is 23.1 Å². The lowest BCUT2D eigenvalue weighted by molar-refractivity contribution is -0.132. The van der Waals surface area contributed by atoms with Crippen molar-refractivity contribution < 1.29 is 23.9 Å². The number of anilines is 2. The van der Waals surface area contributed by atoms with Crippen molar-refractivity contribution in [2.24, 2.45) is 7.05 Å². The summed E-state index contributed by atoms with van der Waals surface area (Å²) in [5, 5.41) is 2.97. The number of fused-ring (bicyclic) bond motifs is 1. The number of hydrogen-bond donors (Lipinski definition) is 2. The van der Waals surface area contributed by atoms with Crippen LogP contribution in [-0.2, 0) is 11.8 Å². The molecule has 55 heavy (non-hydrogen) atoms. The van der Waals surface area contributed by atoms with E-state index in [0.29, 0.717) is 52.9 Å². The van der Waals surface area contributed by atoms with Crippen LogP contribution >= 0.6 is 37.2 Å². The van der Waals surface area contributed by atoms with Crippen molar-refractivity contribution in [1.82, 2.24) is 29.3 Å². The number of imidazole rings is 2. The van der Waals surface area contributed by atoms with Crippen LogP contribution in [0.5, 0.6) is 11.5 Å². The highest BCUT2D eigenvalue weighted by atomic mass is 35.5. The number of aromatic amines is 1. The van der Waals surface area contributed by atoms with Crippen LogP contribution in [-0.4, -0.2) is 101 Å². The highest BCUT2D eigenvalue weighted by Crippen LogP contribution is 2.32. The van der Waals surface area contributed by atoms with Crippen molar-refractivity contribution in [3.63, 3.8) is 0 Å². The van der Waals surface area contributed by atoms with E-state index in [1.807, 2.05) is 53.8 Å². The van der Waals surface area contributed by atoms with Crippen LogP contribution < -0.4 is 19.7 Å². The molecule has 0 radical (unpaired) electrons. The maximum absolute atomic E-state index is 13.8. The Balaban J connectivity index is 0.00000271. The number of benzene rings is 3. The predicted octanol–water partition coefficient (Wildman–Crippen LogP) is 6.79. The van der Waals surface area contributed by atoms with Gasteiger partial charge >= 0.3 is 0 Å². The number of rotatable bonds is 13. The smallest absolute Gasteiger partial charge is 0.259 e. The fourth-order valence-electron chi connectivity index (χ4n) is 6.38. The third-order valence-electron chi connectivity index (χ3n) is 9.49. The summed E-state index contributed by atoms with van der Waals surface area (Å²) in [4.78, 5) is 57.8. The minimum atomic E-state index is -0.403. The molecule has 0 saturated carbocycles. The molecule has 296 valence electrons. The van der Waals surface area contributed by atoms with Crippen molar-refractivity contribution in [2.45, 2.75) is 32.6 Å². The Hall–Kier alpha value is -4.82. The molecule has 1 aliphatic heterocycles. The second kappa shape index (κ2) is 20.2. The minimum Gasteiger partial charge on any atom is -0.496 e. The molecule has 5 aromatic rings. The zero-order chi connectivity index (χ0) is 36.8. The average Bonchev–Trinajstić information content (AvgIpc) is 3.81. The number of likely N-dealkylation sites (N-methyl/N-ethyl adjacent to an activating group) is 1. The first-order valence-electron chi connectivity index (χ1n) is 17.6. The zero-order valence-electron chi connectivity index (χ0n) is 31.7. The van der Waals surface area contributed by atoms with E-state index >= 15 is 0 Å². The number of aromatic nitrogens is 4. The lowest BCUT2D eigenvalue weighted by Gasteiger charge is -2.32. The number of hydrogen-bond acceptors (Lipinski definition) is 8. The number of H-pyrrole nitrogens is 1. The number of nitrogens with one attached hydrogen (secondary N) is 2. The molecular formula is C39H49Cl3N8O5. The summed E-state index contributed by atoms with van der Waals surface area (Å²) < 4.78 is 13.7. The Morgan fingerprint density at radius 1 is 0.927 bits per heavy atom. The van der Waals surface area contributed by atoms with Crippen LogP contribution in [0.2, 0.25) is 0 Å². The highest BCUT2D eigenvalue weighted by Gasteiger charge is 2.23. The van der Waals surface area contributed by atoms with Crippen LogP contribution in [0, 0.1) is 6.92 Å². The number of carbonyl (C=O) groups is 3. The normalized spacial score (nSPS) is 12.6. The largest absolute Gasteiger partial charge is 0.496 e. The topological polar surface area (TPSA) is 138 Å². The molecule has 16 heteroatoms. The Bertz CT molecular complexity index is 2070. The van der Waals surface area contributed by atoms with Crippen LogP contribution in [0.4, 0.5) is 11.4 Å². The van der Waals surface area contributed by atoms with E-state index in [1.54, 1.807) is 43.7 Å². The van der Waals surface area contributed by atoms with Gasteiger partial charge in [-0.1, -0.05) is 12.1 Å². The fourth-order valence-corrected chi connectivity index (χ4v) is 6.38. The molecule has 0 atom stereocenters. The zero-order valence-corrected chi connectivity index (χ0v) is 34.1. The third kappa shape index (κ3) is 10.3. The third-order valence-corrected chi connectivity index (χ3v) is 9.49. The fraction of sp³-hybridized carbons (Fsp3) is 0.359. The van der Waals surface area contributed by atoms with E-state index < -0.39 is 5.91 Å². The van der Waals surface area contributed by atoms with Gasteiger partial charge in [-0.25, -0.2) is 9.97 Å². The molecule has 1 fully saturated rings. The molecular weight excluding hydrogens is 767 g/mol. The minimum absolute atomic E-state index is 0. The average molecular weight is 816 g/mol. The molecule has 13 nitrogen and oxygen atoms in total. The maximum atomic E-state index is 13.8. The summed E-state index contributed by atoms with van der Waals surface area (Å²) in [7, 11) is 7.13. The molecule has 0 bridgehead atoms. The van der Waals surface area contributed by atoms with E-state index in [4.69, 9.17) is 14.5 Å². The van der Waals surface area contributed by atoms with Gasteiger partial charge in [0.2, 0.25) is 5.91 Å². The molecule has 0 unspecified atom stereocenters. The Morgan fingerprint density at radius 2 is 1.69 bits per heavy atom. The summed E-state index contributed by atoms with van der Waals surface area (Å²) in [5.74, 6) is 1.65. The van der Waals surface area contributed by atoms with Gasteiger partial charge in [-0.3, -0.25) is 14.4 Å². The first-order valence-corrected chi connectivity index (χ1v) is 17.6. The van der Waals surface area contributed by atoms with E-state index in [9.17, 15) is 14.4 Å². The van der Waals surface area contributed by atoms with Crippen molar-refractivity contribution in [3.05, 3.63) is 83.7 Å². The molecule has 1 aliphatic rings. The van der Waals surface area contributed by atoms with Crippen molar-refractivity contribution >= 4 is 77.4 Å². The van der Waals surface area contributed by atoms with Gasteiger partial charge in [-0.2, -0.15) is 0 Å². The summed E-state index contributed by atoms with van der Waals surface area (Å²) in [6, 6.07) is 16.1. The quantitative estimate of drug-likeness (QED) is 0.124. The van der Waals surface area contributed by atoms with Crippen LogP contribution in [0.15, 0.2) is 67.0 Å². The van der Waals surface area contributed by atoms with E-state index in [2.05, 4.69) is 27.2 Å². The molecule has 3 heterocycles. The standard InChI is InChI=1S/C39H46N8O5.3ClH/c1-26-13-16-30(33(24-26)52-23-8-6-7-12-34(48)47-21-19-44(2)20-22-47)46(4)39(50)27-14-15-28(32(25-27)51-5)38(49)42-29-10-9-11-31-35(29)43-37(45(31)3)36-40-17-18-41-36;;;/h9-11,13-18,24-25H,6-8,12,19-23H2,1-5H3,(H,40,41)(H,42,49);3*1H. The second-order valence-electron chi connectivity index (χ2n) is 13.2. The number of amides is 3. The number of para-hydroxylation sites is 1. The lowest BCUT2D eigenvalue weighted by Crippen LogP contribution is -2.47. The van der Waals surface area contributed by atoms with Crippen molar-refractivity contribution in [1.29, 1.82) is 0 Å². The van der Waals surface area contributed by atoms with Crippen LogP contribution in [0.25, 0.3) is 22.7 Å². The number of unbranched alkanes of at least 4 members (excludes halogenated alkanes) is 2. The number of carbonyl (C=O) groups excluding carboxylic acids is 3. The summed E-state index contributed by atoms with van der Waals surface area (Å²) in [6.07, 6.45) is 6.42. The number of methoxy groups -OCH3 is 1. The molecule has 1 saturated heterocycles. The predicted molar refractivity (Wildman–Crippen MR) is 223 cm³/mol. The Labute approximate surface area is 340 Å². The highest BCUT2D eigenvalue weighted by molar-refractivity contribution is 6.11. The SMILES string of the molecule is COc1cc(C(=O)N(C)c2ccc(C)cc2OCCCCCC(=O)N2CCN(C)CC2)ccc1C(=O)Nc1cccc2c1nc(-c1ncc[nH]1)n2C.Cl.Cl.Cl. The maximum Gasteiger partial charge on any atom is 0.259 e.